The number of nitrogens with one attached hydrogen (secondary N) is 2. The molecule has 3 nitrogen and oxygen atoms in total. The maximum atomic E-state index is 11.5. The average molecular weight is 320 g/mol. The number of carbonyl (C=O) groups is 1. The predicted molar refractivity (Wildman–Crippen MR) is 75.6 cm³/mol. The lowest BCUT2D eigenvalue weighted by Gasteiger charge is -2.09. The van der Waals surface area contributed by atoms with Crippen molar-refractivity contribution in [3.05, 3.63) is 27.7 Å². The van der Waals surface area contributed by atoms with Crippen molar-refractivity contribution in [2.75, 3.05) is 18.4 Å². The van der Waals surface area contributed by atoms with Crippen LogP contribution >= 0.6 is 27.5 Å². The standard InChI is InChI=1S/C12H16BrClN2O/c1-2-3-6-15-12(17)8-16-11-7-9(13)4-5-10(11)14/h4-5,7,16H,2-3,6,8H2,1H3,(H,15,17). The van der Waals surface area contributed by atoms with Crippen molar-refractivity contribution in [3.63, 3.8) is 0 Å². The van der Waals surface area contributed by atoms with E-state index in [-0.39, 0.29) is 12.5 Å². The van der Waals surface area contributed by atoms with Crippen LogP contribution in [0.25, 0.3) is 0 Å². The van der Waals surface area contributed by atoms with Gasteiger partial charge < -0.3 is 10.6 Å². The van der Waals surface area contributed by atoms with Crippen LogP contribution in [0.2, 0.25) is 5.02 Å². The highest BCUT2D eigenvalue weighted by atomic mass is 79.9. The number of benzene rings is 1. The molecule has 0 heterocycles. The van der Waals surface area contributed by atoms with Crippen molar-refractivity contribution in [1.29, 1.82) is 0 Å². The Balaban J connectivity index is 2.39. The summed E-state index contributed by atoms with van der Waals surface area (Å²) in [5.41, 5.74) is 0.756. The van der Waals surface area contributed by atoms with Crippen LogP contribution in [0.4, 0.5) is 5.69 Å². The van der Waals surface area contributed by atoms with Crippen LogP contribution < -0.4 is 10.6 Å². The van der Waals surface area contributed by atoms with Crippen molar-refractivity contribution in [1.82, 2.24) is 5.32 Å². The quantitative estimate of drug-likeness (QED) is 0.789. The van der Waals surface area contributed by atoms with Gasteiger partial charge in [0.1, 0.15) is 0 Å². The van der Waals surface area contributed by atoms with Gasteiger partial charge in [0.05, 0.1) is 17.3 Å². The van der Waals surface area contributed by atoms with Gasteiger partial charge in [-0.3, -0.25) is 4.79 Å². The zero-order valence-corrected chi connectivity index (χ0v) is 12.1. The van der Waals surface area contributed by atoms with Gasteiger partial charge in [0, 0.05) is 11.0 Å². The SMILES string of the molecule is CCCCNC(=O)CNc1cc(Br)ccc1Cl. The lowest BCUT2D eigenvalue weighted by atomic mass is 10.3. The molecule has 1 aromatic carbocycles. The molecule has 0 atom stereocenters. The summed E-state index contributed by atoms with van der Waals surface area (Å²) in [5.74, 6) is -0.0190. The molecule has 0 spiro atoms. The minimum Gasteiger partial charge on any atom is -0.375 e. The van der Waals surface area contributed by atoms with Gasteiger partial charge in [-0.05, 0) is 24.6 Å². The van der Waals surface area contributed by atoms with Crippen LogP contribution in [0, 0.1) is 0 Å². The van der Waals surface area contributed by atoms with Crippen molar-refractivity contribution >= 4 is 39.1 Å². The normalized spacial score (nSPS) is 10.1. The molecule has 0 aromatic heterocycles. The summed E-state index contributed by atoms with van der Waals surface area (Å²) in [6.07, 6.45) is 2.08. The van der Waals surface area contributed by atoms with E-state index in [1.165, 1.54) is 0 Å². The molecule has 0 unspecified atom stereocenters. The molecule has 17 heavy (non-hydrogen) atoms. The van der Waals surface area contributed by atoms with Gasteiger partial charge >= 0.3 is 0 Å². The van der Waals surface area contributed by atoms with Crippen LogP contribution in [-0.2, 0) is 4.79 Å². The van der Waals surface area contributed by atoms with Crippen LogP contribution in [0.5, 0.6) is 0 Å². The Morgan fingerprint density at radius 3 is 2.94 bits per heavy atom. The van der Waals surface area contributed by atoms with Crippen LogP contribution in [0.15, 0.2) is 22.7 Å². The molecule has 94 valence electrons. The highest BCUT2D eigenvalue weighted by Gasteiger charge is 2.03. The van der Waals surface area contributed by atoms with E-state index in [1.54, 1.807) is 6.07 Å². The smallest absolute Gasteiger partial charge is 0.239 e. The number of carbonyl (C=O) groups excluding carboxylic acids is 1. The number of amides is 1. The minimum atomic E-state index is -0.0190. The lowest BCUT2D eigenvalue weighted by Crippen LogP contribution is -2.30. The summed E-state index contributed by atoms with van der Waals surface area (Å²) in [5, 5.41) is 6.44. The molecular formula is C12H16BrClN2O. The highest BCUT2D eigenvalue weighted by molar-refractivity contribution is 9.10. The number of rotatable bonds is 6. The molecular weight excluding hydrogens is 304 g/mol. The first-order valence-corrected chi connectivity index (χ1v) is 6.76. The van der Waals surface area contributed by atoms with Gasteiger partial charge in [-0.2, -0.15) is 0 Å². The molecule has 1 aromatic rings. The van der Waals surface area contributed by atoms with E-state index in [2.05, 4.69) is 33.5 Å². The molecule has 0 aliphatic carbocycles. The Morgan fingerprint density at radius 1 is 1.47 bits per heavy atom. The van der Waals surface area contributed by atoms with E-state index in [1.807, 2.05) is 12.1 Å². The van der Waals surface area contributed by atoms with Gasteiger partial charge in [0.2, 0.25) is 5.91 Å². The van der Waals surface area contributed by atoms with Crippen molar-refractivity contribution in [2.45, 2.75) is 19.8 Å². The first-order valence-electron chi connectivity index (χ1n) is 5.59. The third kappa shape index (κ3) is 5.41. The highest BCUT2D eigenvalue weighted by Crippen LogP contribution is 2.25. The molecule has 0 aliphatic heterocycles. The van der Waals surface area contributed by atoms with Gasteiger partial charge in [-0.25, -0.2) is 0 Å². The van der Waals surface area contributed by atoms with E-state index >= 15 is 0 Å². The molecule has 0 saturated carbocycles. The molecule has 0 bridgehead atoms. The number of hydrogen-bond donors (Lipinski definition) is 2. The Kier molecular flexibility index (Phi) is 6.37. The monoisotopic (exact) mass is 318 g/mol. The second kappa shape index (κ2) is 7.56. The summed E-state index contributed by atoms with van der Waals surface area (Å²) in [6, 6.07) is 5.49. The van der Waals surface area contributed by atoms with E-state index in [9.17, 15) is 4.79 Å². The number of unbranched alkanes of at least 4 members (excludes halogenated alkanes) is 1. The largest absolute Gasteiger partial charge is 0.375 e. The minimum absolute atomic E-state index is 0.0190. The summed E-state index contributed by atoms with van der Waals surface area (Å²) in [7, 11) is 0. The Hall–Kier alpha value is -0.740. The number of hydrogen-bond acceptors (Lipinski definition) is 2. The number of anilines is 1. The maximum Gasteiger partial charge on any atom is 0.239 e. The van der Waals surface area contributed by atoms with Gasteiger partial charge in [0.25, 0.3) is 0 Å². The molecule has 0 radical (unpaired) electrons. The third-order valence-electron chi connectivity index (χ3n) is 2.22. The van der Waals surface area contributed by atoms with E-state index in [0.29, 0.717) is 5.02 Å². The fraction of sp³-hybridized carbons (Fsp3) is 0.417. The van der Waals surface area contributed by atoms with Crippen LogP contribution in [0.1, 0.15) is 19.8 Å². The second-order valence-electron chi connectivity index (χ2n) is 3.68. The molecule has 1 amide bonds. The molecule has 0 aliphatic rings. The molecule has 0 fully saturated rings. The molecule has 5 heteroatoms. The Labute approximate surface area is 115 Å². The Morgan fingerprint density at radius 2 is 2.24 bits per heavy atom. The fourth-order valence-corrected chi connectivity index (χ4v) is 1.82. The Bertz CT molecular complexity index is 385. The first kappa shape index (κ1) is 14.3. The predicted octanol–water partition coefficient (Wildman–Crippen LogP) is 3.43. The maximum absolute atomic E-state index is 11.5. The van der Waals surface area contributed by atoms with Crippen LogP contribution in [-0.4, -0.2) is 19.0 Å². The molecule has 1 rings (SSSR count). The first-order chi connectivity index (χ1) is 8.13. The summed E-state index contributed by atoms with van der Waals surface area (Å²) in [6.45, 7) is 3.05. The van der Waals surface area contributed by atoms with Gasteiger partial charge in [-0.1, -0.05) is 40.9 Å². The van der Waals surface area contributed by atoms with Crippen molar-refractivity contribution in [2.24, 2.45) is 0 Å². The van der Waals surface area contributed by atoms with Crippen molar-refractivity contribution < 1.29 is 4.79 Å². The number of halogens is 2. The zero-order chi connectivity index (χ0) is 12.7. The topological polar surface area (TPSA) is 41.1 Å². The fourth-order valence-electron chi connectivity index (χ4n) is 1.28. The lowest BCUT2D eigenvalue weighted by molar-refractivity contribution is -0.119. The molecule has 2 N–H and O–H groups in total. The van der Waals surface area contributed by atoms with Gasteiger partial charge in [0.15, 0.2) is 0 Å². The summed E-state index contributed by atoms with van der Waals surface area (Å²) >= 11 is 9.35. The van der Waals surface area contributed by atoms with E-state index in [4.69, 9.17) is 11.6 Å². The van der Waals surface area contributed by atoms with Gasteiger partial charge in [-0.15, -0.1) is 0 Å². The summed E-state index contributed by atoms with van der Waals surface area (Å²) < 4.78 is 0.927. The average Bonchev–Trinajstić information content (AvgIpc) is 2.31. The van der Waals surface area contributed by atoms with Crippen LogP contribution in [0.3, 0.4) is 0 Å². The molecule has 0 saturated heterocycles. The third-order valence-corrected chi connectivity index (χ3v) is 3.04. The van der Waals surface area contributed by atoms with E-state index < -0.39 is 0 Å². The zero-order valence-electron chi connectivity index (χ0n) is 9.72. The van der Waals surface area contributed by atoms with Crippen molar-refractivity contribution in [3.8, 4) is 0 Å². The second-order valence-corrected chi connectivity index (χ2v) is 5.00. The van der Waals surface area contributed by atoms with E-state index in [0.717, 1.165) is 29.5 Å². The summed E-state index contributed by atoms with van der Waals surface area (Å²) in [4.78, 5) is 11.5.